The van der Waals surface area contributed by atoms with Crippen molar-refractivity contribution in [2.24, 2.45) is 4.99 Å². The Balaban J connectivity index is 1.83. The van der Waals surface area contributed by atoms with Gasteiger partial charge in [0.05, 0.1) is 12.0 Å². The van der Waals surface area contributed by atoms with Gasteiger partial charge < -0.3 is 9.30 Å². The SMILES string of the molecule is CCN=C1S/C(=C/c2ccn(-c3ccc(OC)cc3)c2)C(=O)N1CC. The summed E-state index contributed by atoms with van der Waals surface area (Å²) in [6.45, 7) is 5.25. The van der Waals surface area contributed by atoms with Gasteiger partial charge in [0.1, 0.15) is 5.75 Å². The predicted octanol–water partition coefficient (Wildman–Crippen LogP) is 3.80. The van der Waals surface area contributed by atoms with Gasteiger partial charge in [-0.05, 0) is 67.6 Å². The van der Waals surface area contributed by atoms with Gasteiger partial charge in [-0.1, -0.05) is 0 Å². The second-order valence-electron chi connectivity index (χ2n) is 5.47. The molecule has 0 N–H and O–H groups in total. The van der Waals surface area contributed by atoms with E-state index >= 15 is 0 Å². The van der Waals surface area contributed by atoms with Crippen molar-refractivity contribution in [1.29, 1.82) is 0 Å². The molecule has 2 heterocycles. The molecule has 0 bridgehead atoms. The summed E-state index contributed by atoms with van der Waals surface area (Å²) >= 11 is 1.44. The van der Waals surface area contributed by atoms with E-state index in [1.807, 2.05) is 67.2 Å². The van der Waals surface area contributed by atoms with Crippen LogP contribution in [-0.2, 0) is 4.79 Å². The van der Waals surface area contributed by atoms with E-state index in [0.717, 1.165) is 22.2 Å². The van der Waals surface area contributed by atoms with Crippen molar-refractivity contribution in [1.82, 2.24) is 9.47 Å². The normalized spacial score (nSPS) is 17.7. The molecule has 0 atom stereocenters. The minimum absolute atomic E-state index is 0.0249. The first-order chi connectivity index (χ1) is 12.2. The van der Waals surface area contributed by atoms with Crippen LogP contribution in [0.5, 0.6) is 5.75 Å². The first-order valence-electron chi connectivity index (χ1n) is 8.24. The molecule has 1 amide bonds. The fourth-order valence-corrected chi connectivity index (χ4v) is 3.71. The van der Waals surface area contributed by atoms with Gasteiger partial charge in [0.25, 0.3) is 5.91 Å². The molecule has 6 heteroatoms. The molecule has 0 aliphatic carbocycles. The van der Waals surface area contributed by atoms with Crippen LogP contribution in [0.15, 0.2) is 52.6 Å². The number of ether oxygens (including phenoxy) is 1. The van der Waals surface area contributed by atoms with Crippen LogP contribution in [0, 0.1) is 0 Å². The van der Waals surface area contributed by atoms with Gasteiger partial charge in [0.15, 0.2) is 5.17 Å². The third-order valence-electron chi connectivity index (χ3n) is 3.88. The largest absolute Gasteiger partial charge is 0.497 e. The lowest BCUT2D eigenvalue weighted by Crippen LogP contribution is -2.28. The number of carbonyl (C=O) groups excluding carboxylic acids is 1. The van der Waals surface area contributed by atoms with Crippen LogP contribution in [-0.4, -0.2) is 40.7 Å². The maximum atomic E-state index is 12.5. The summed E-state index contributed by atoms with van der Waals surface area (Å²) in [6, 6.07) is 9.84. The second kappa shape index (κ2) is 7.61. The summed E-state index contributed by atoms with van der Waals surface area (Å²) in [5, 5.41) is 0.788. The first-order valence-corrected chi connectivity index (χ1v) is 9.06. The van der Waals surface area contributed by atoms with E-state index in [0.29, 0.717) is 18.0 Å². The Morgan fingerprint density at radius 2 is 1.96 bits per heavy atom. The highest BCUT2D eigenvalue weighted by Gasteiger charge is 2.31. The molecule has 0 spiro atoms. The smallest absolute Gasteiger partial charge is 0.266 e. The van der Waals surface area contributed by atoms with E-state index in [2.05, 4.69) is 4.99 Å². The number of benzene rings is 1. The maximum Gasteiger partial charge on any atom is 0.266 e. The highest BCUT2D eigenvalue weighted by molar-refractivity contribution is 8.18. The predicted molar refractivity (Wildman–Crippen MR) is 103 cm³/mol. The van der Waals surface area contributed by atoms with E-state index in [-0.39, 0.29) is 5.91 Å². The minimum atomic E-state index is 0.0249. The van der Waals surface area contributed by atoms with Gasteiger partial charge in [-0.3, -0.25) is 14.7 Å². The van der Waals surface area contributed by atoms with Crippen molar-refractivity contribution in [3.63, 3.8) is 0 Å². The van der Waals surface area contributed by atoms with Crippen LogP contribution >= 0.6 is 11.8 Å². The minimum Gasteiger partial charge on any atom is -0.497 e. The summed E-state index contributed by atoms with van der Waals surface area (Å²) in [7, 11) is 1.65. The molecular formula is C19H21N3O2S. The third-order valence-corrected chi connectivity index (χ3v) is 4.93. The number of nitrogens with zero attached hydrogens (tertiary/aromatic N) is 3. The fourth-order valence-electron chi connectivity index (χ4n) is 2.60. The van der Waals surface area contributed by atoms with Crippen molar-refractivity contribution in [2.45, 2.75) is 13.8 Å². The van der Waals surface area contributed by atoms with Gasteiger partial charge in [-0.25, -0.2) is 0 Å². The Bertz CT molecular complexity index is 821. The van der Waals surface area contributed by atoms with Gasteiger partial charge >= 0.3 is 0 Å². The molecule has 130 valence electrons. The number of hydrogen-bond acceptors (Lipinski definition) is 4. The highest BCUT2D eigenvalue weighted by Crippen LogP contribution is 2.32. The molecule has 2 aromatic rings. The summed E-state index contributed by atoms with van der Waals surface area (Å²) < 4.78 is 7.21. The van der Waals surface area contributed by atoms with Crippen LogP contribution in [0.25, 0.3) is 11.8 Å². The van der Waals surface area contributed by atoms with Crippen molar-refractivity contribution >= 4 is 28.9 Å². The summed E-state index contributed by atoms with van der Waals surface area (Å²) in [5.74, 6) is 0.852. The van der Waals surface area contributed by atoms with E-state index < -0.39 is 0 Å². The average molecular weight is 355 g/mol. The van der Waals surface area contributed by atoms with Crippen molar-refractivity contribution in [2.75, 3.05) is 20.2 Å². The zero-order chi connectivity index (χ0) is 17.8. The molecule has 0 radical (unpaired) electrons. The van der Waals surface area contributed by atoms with Crippen molar-refractivity contribution in [3.8, 4) is 11.4 Å². The Morgan fingerprint density at radius 1 is 1.20 bits per heavy atom. The Kier molecular flexibility index (Phi) is 5.28. The van der Waals surface area contributed by atoms with E-state index in [4.69, 9.17) is 4.74 Å². The second-order valence-corrected chi connectivity index (χ2v) is 6.48. The van der Waals surface area contributed by atoms with E-state index in [9.17, 15) is 4.79 Å². The number of methoxy groups -OCH3 is 1. The zero-order valence-corrected chi connectivity index (χ0v) is 15.4. The number of thioether (sulfide) groups is 1. The summed E-state index contributed by atoms with van der Waals surface area (Å²) in [6.07, 6.45) is 5.92. The average Bonchev–Trinajstić information content (AvgIpc) is 3.21. The number of amidine groups is 1. The lowest BCUT2D eigenvalue weighted by molar-refractivity contribution is -0.122. The molecule has 1 saturated heterocycles. The molecule has 1 fully saturated rings. The lowest BCUT2D eigenvalue weighted by Gasteiger charge is -2.11. The number of amides is 1. The van der Waals surface area contributed by atoms with Gasteiger partial charge in [0.2, 0.25) is 0 Å². The van der Waals surface area contributed by atoms with Crippen molar-refractivity contribution in [3.05, 3.63) is 53.2 Å². The Hall–Kier alpha value is -2.47. The Labute approximate surface area is 152 Å². The number of carbonyl (C=O) groups is 1. The molecule has 25 heavy (non-hydrogen) atoms. The molecule has 1 aromatic carbocycles. The van der Waals surface area contributed by atoms with Crippen LogP contribution in [0.4, 0.5) is 0 Å². The molecule has 0 unspecified atom stereocenters. The standard InChI is InChI=1S/C19H21N3O2S/c1-4-20-19-22(5-2)18(23)17(25-19)12-14-10-11-21(13-14)15-6-8-16(24-3)9-7-15/h6-13H,4-5H2,1-3H3/b17-12+,20-19?. The fraction of sp³-hybridized carbons (Fsp3) is 0.263. The number of aliphatic imine (C=N–C) groups is 1. The molecule has 3 rings (SSSR count). The van der Waals surface area contributed by atoms with Crippen LogP contribution in [0.1, 0.15) is 19.4 Å². The molecular weight excluding hydrogens is 334 g/mol. The van der Waals surface area contributed by atoms with E-state index in [1.165, 1.54) is 11.8 Å². The third kappa shape index (κ3) is 3.64. The topological polar surface area (TPSA) is 46.8 Å². The van der Waals surface area contributed by atoms with Crippen LogP contribution < -0.4 is 4.74 Å². The zero-order valence-electron chi connectivity index (χ0n) is 14.6. The van der Waals surface area contributed by atoms with Gasteiger partial charge in [0, 0.05) is 31.2 Å². The number of rotatable bonds is 5. The molecule has 1 aliphatic rings. The highest BCUT2D eigenvalue weighted by atomic mass is 32.2. The molecule has 1 aliphatic heterocycles. The number of likely N-dealkylation sites (N-methyl/N-ethyl adjacent to an activating group) is 1. The summed E-state index contributed by atoms with van der Waals surface area (Å²) in [4.78, 5) is 19.4. The molecule has 0 saturated carbocycles. The molecule has 5 nitrogen and oxygen atoms in total. The number of hydrogen-bond donors (Lipinski definition) is 0. The van der Waals surface area contributed by atoms with Gasteiger partial charge in [-0.2, -0.15) is 0 Å². The molecule has 1 aromatic heterocycles. The van der Waals surface area contributed by atoms with Crippen molar-refractivity contribution < 1.29 is 9.53 Å². The number of aromatic nitrogens is 1. The maximum absolute atomic E-state index is 12.5. The van der Waals surface area contributed by atoms with Crippen LogP contribution in [0.2, 0.25) is 0 Å². The van der Waals surface area contributed by atoms with Gasteiger partial charge in [-0.15, -0.1) is 0 Å². The lowest BCUT2D eigenvalue weighted by atomic mass is 10.3. The quantitative estimate of drug-likeness (QED) is 0.767. The van der Waals surface area contributed by atoms with Crippen LogP contribution in [0.3, 0.4) is 0 Å². The first kappa shape index (κ1) is 17.4. The van der Waals surface area contributed by atoms with E-state index in [1.54, 1.807) is 12.0 Å². The Morgan fingerprint density at radius 3 is 2.60 bits per heavy atom. The summed E-state index contributed by atoms with van der Waals surface area (Å²) in [5.41, 5.74) is 2.03. The monoisotopic (exact) mass is 355 g/mol.